The first-order valence-corrected chi connectivity index (χ1v) is 3.47. The highest BCUT2D eigenvalue weighted by atomic mass is 16.5. The third-order valence-electron chi connectivity index (χ3n) is 1.52. The summed E-state index contributed by atoms with van der Waals surface area (Å²) in [4.78, 5) is 3.79. The van der Waals surface area contributed by atoms with Crippen molar-refractivity contribution < 1.29 is 11.6 Å². The van der Waals surface area contributed by atoms with Crippen molar-refractivity contribution in [2.75, 3.05) is 6.54 Å². The van der Waals surface area contributed by atoms with Gasteiger partial charge in [0.05, 0.1) is 13.4 Å². The van der Waals surface area contributed by atoms with Gasteiger partial charge in [0.1, 0.15) is 6.10 Å². The molecule has 3 nitrogen and oxygen atoms in total. The van der Waals surface area contributed by atoms with Crippen LogP contribution in [0.15, 0.2) is 35.2 Å². The highest BCUT2D eigenvalue weighted by Gasteiger charge is 2.18. The van der Waals surface area contributed by atoms with Crippen LogP contribution in [0.3, 0.4) is 0 Å². The van der Waals surface area contributed by atoms with E-state index in [-0.39, 0.29) is 42.3 Å². The predicted molar refractivity (Wildman–Crippen MR) is 46.8 cm³/mol. The molecular weight excluding hydrogens is 152 g/mol. The molecule has 1 heterocycles. The summed E-state index contributed by atoms with van der Waals surface area (Å²) in [5, 5.41) is 0. The van der Waals surface area contributed by atoms with E-state index in [9.17, 15) is 0 Å². The maximum Gasteiger partial charge on any atom is 0.282 e. The van der Waals surface area contributed by atoms with Gasteiger partial charge in [0, 0.05) is 0 Å². The summed E-state index contributed by atoms with van der Waals surface area (Å²) in [6, 6.07) is -1.75. The molecule has 1 aromatic carbocycles. The standard InChI is InChI=1S/C9H10N2O/c10-9-11-6-8(12-9)7-4-2-1-3-5-7/h1-5,8H,6H2,(H2,10,11)/i1D,2D,3D,4D,5D. The lowest BCUT2D eigenvalue weighted by Crippen LogP contribution is -2.12. The molecule has 0 spiro atoms. The molecule has 3 heteroatoms. The van der Waals surface area contributed by atoms with Crippen molar-refractivity contribution in [2.24, 2.45) is 10.7 Å². The Hall–Kier alpha value is -1.51. The summed E-state index contributed by atoms with van der Waals surface area (Å²) in [5.41, 5.74) is 5.44. The fraction of sp³-hybridized carbons (Fsp3) is 0.222. The lowest BCUT2D eigenvalue weighted by atomic mass is 10.1. The van der Waals surface area contributed by atoms with Crippen LogP contribution in [0, 0.1) is 0 Å². The minimum Gasteiger partial charge on any atom is -0.455 e. The SMILES string of the molecule is [2H]c1c([2H])c([2H])c(C2CN=C(N)O2)c([2H])c1[2H]. The average Bonchev–Trinajstić information content (AvgIpc) is 2.71. The lowest BCUT2D eigenvalue weighted by molar-refractivity contribution is 0.226. The molecule has 0 aliphatic carbocycles. The maximum absolute atomic E-state index is 7.72. The van der Waals surface area contributed by atoms with Gasteiger partial charge in [0.2, 0.25) is 0 Å². The molecule has 1 unspecified atom stereocenters. The number of hydrogen-bond acceptors (Lipinski definition) is 3. The van der Waals surface area contributed by atoms with Crippen LogP contribution in [0.25, 0.3) is 0 Å². The Morgan fingerprint density at radius 2 is 2.25 bits per heavy atom. The van der Waals surface area contributed by atoms with Crippen LogP contribution in [0.2, 0.25) is 0 Å². The molecule has 0 bridgehead atoms. The first kappa shape index (κ1) is 3.47. The summed E-state index contributed by atoms with van der Waals surface area (Å²) in [7, 11) is 0. The van der Waals surface area contributed by atoms with Crippen molar-refractivity contribution >= 4 is 6.02 Å². The first-order chi connectivity index (χ1) is 7.93. The summed E-state index contributed by atoms with van der Waals surface area (Å²) in [5.74, 6) is 0. The smallest absolute Gasteiger partial charge is 0.282 e. The van der Waals surface area contributed by atoms with E-state index in [0.29, 0.717) is 0 Å². The maximum atomic E-state index is 7.72. The van der Waals surface area contributed by atoms with Gasteiger partial charge in [0.15, 0.2) is 0 Å². The number of amidine groups is 1. The molecule has 0 aromatic heterocycles. The average molecular weight is 167 g/mol. The fourth-order valence-corrected chi connectivity index (χ4v) is 0.964. The summed E-state index contributed by atoms with van der Waals surface area (Å²) in [6.45, 7) is 0.166. The summed E-state index contributed by atoms with van der Waals surface area (Å²) in [6.07, 6.45) is -0.705. The van der Waals surface area contributed by atoms with E-state index in [1.165, 1.54) is 0 Å². The number of ether oxygens (including phenoxy) is 1. The molecule has 0 fully saturated rings. The van der Waals surface area contributed by atoms with E-state index in [0.717, 1.165) is 0 Å². The van der Waals surface area contributed by atoms with Gasteiger partial charge < -0.3 is 10.5 Å². The van der Waals surface area contributed by atoms with Crippen molar-refractivity contribution in [3.05, 3.63) is 35.8 Å². The zero-order chi connectivity index (χ0) is 12.7. The van der Waals surface area contributed by atoms with Gasteiger partial charge in [-0.15, -0.1) is 0 Å². The quantitative estimate of drug-likeness (QED) is 0.680. The third-order valence-corrected chi connectivity index (χ3v) is 1.52. The number of benzene rings is 1. The van der Waals surface area contributed by atoms with Crippen LogP contribution in [-0.4, -0.2) is 12.6 Å². The van der Waals surface area contributed by atoms with Gasteiger partial charge >= 0.3 is 0 Å². The molecule has 2 N–H and O–H groups in total. The van der Waals surface area contributed by atoms with Gasteiger partial charge in [0.25, 0.3) is 6.02 Å². The highest BCUT2D eigenvalue weighted by molar-refractivity contribution is 5.73. The number of aliphatic imine (C=N–C) groups is 1. The van der Waals surface area contributed by atoms with Crippen molar-refractivity contribution in [3.63, 3.8) is 0 Å². The van der Waals surface area contributed by atoms with Crippen LogP contribution in [-0.2, 0) is 4.74 Å². The molecule has 1 atom stereocenters. The Labute approximate surface area is 77.9 Å². The van der Waals surface area contributed by atoms with Crippen molar-refractivity contribution in [2.45, 2.75) is 6.10 Å². The molecule has 2 rings (SSSR count). The number of nitrogens with two attached hydrogens (primary N) is 1. The molecule has 12 heavy (non-hydrogen) atoms. The zero-order valence-corrected chi connectivity index (χ0v) is 6.22. The Morgan fingerprint density at radius 3 is 2.83 bits per heavy atom. The largest absolute Gasteiger partial charge is 0.455 e. The van der Waals surface area contributed by atoms with Gasteiger partial charge in [-0.25, -0.2) is 4.99 Å². The minimum absolute atomic E-state index is 0.0261. The minimum atomic E-state index is -0.705. The first-order valence-electron chi connectivity index (χ1n) is 5.97. The molecule has 1 aliphatic rings. The Kier molecular flexibility index (Phi) is 0.825. The van der Waals surface area contributed by atoms with Gasteiger partial charge in [-0.3, -0.25) is 0 Å². The molecule has 1 aliphatic heterocycles. The molecule has 0 radical (unpaired) electrons. The zero-order valence-electron chi connectivity index (χ0n) is 11.2. The van der Waals surface area contributed by atoms with Gasteiger partial charge in [-0.2, -0.15) is 0 Å². The van der Waals surface area contributed by atoms with E-state index in [1.54, 1.807) is 0 Å². The van der Waals surface area contributed by atoms with Crippen LogP contribution in [0.1, 0.15) is 18.5 Å². The molecular formula is C9H10N2O. The van der Waals surface area contributed by atoms with Gasteiger partial charge in [-0.1, -0.05) is 30.2 Å². The van der Waals surface area contributed by atoms with Crippen LogP contribution < -0.4 is 5.73 Å². The monoisotopic (exact) mass is 167 g/mol. The van der Waals surface area contributed by atoms with Crippen molar-refractivity contribution in [1.82, 2.24) is 0 Å². The lowest BCUT2D eigenvalue weighted by Gasteiger charge is -2.08. The summed E-state index contributed by atoms with van der Waals surface area (Å²) < 4.78 is 43.1. The molecule has 0 saturated carbocycles. The second-order valence-corrected chi connectivity index (χ2v) is 2.32. The predicted octanol–water partition coefficient (Wildman–Crippen LogP) is 1.07. The number of nitrogens with zero attached hydrogens (tertiary/aromatic N) is 1. The molecule has 62 valence electrons. The van der Waals surface area contributed by atoms with Gasteiger partial charge in [-0.05, 0) is 5.56 Å². The van der Waals surface area contributed by atoms with E-state index >= 15 is 0 Å². The van der Waals surface area contributed by atoms with Crippen molar-refractivity contribution in [1.29, 1.82) is 0 Å². The van der Waals surface area contributed by atoms with Crippen LogP contribution in [0.5, 0.6) is 0 Å². The van der Waals surface area contributed by atoms with Crippen LogP contribution >= 0.6 is 0 Å². The Balaban J connectivity index is 2.55. The normalized spacial score (nSPS) is 27.5. The van der Waals surface area contributed by atoms with E-state index < -0.39 is 12.1 Å². The second kappa shape index (κ2) is 2.85. The van der Waals surface area contributed by atoms with E-state index in [2.05, 4.69) is 4.99 Å². The third kappa shape index (κ3) is 1.25. The van der Waals surface area contributed by atoms with Crippen molar-refractivity contribution in [3.8, 4) is 0 Å². The highest BCUT2D eigenvalue weighted by Crippen LogP contribution is 2.20. The Morgan fingerprint density at radius 1 is 1.50 bits per heavy atom. The molecule has 0 saturated heterocycles. The van der Waals surface area contributed by atoms with E-state index in [4.69, 9.17) is 17.3 Å². The molecule has 0 amide bonds. The summed E-state index contributed by atoms with van der Waals surface area (Å²) >= 11 is 0. The van der Waals surface area contributed by atoms with E-state index in [1.807, 2.05) is 0 Å². The topological polar surface area (TPSA) is 47.6 Å². The molecule has 1 aromatic rings. The number of hydrogen-bond donors (Lipinski definition) is 1. The Bertz CT molecular complexity index is 488. The number of rotatable bonds is 1. The van der Waals surface area contributed by atoms with Crippen LogP contribution in [0.4, 0.5) is 0 Å². The fourth-order valence-electron chi connectivity index (χ4n) is 0.964. The second-order valence-electron chi connectivity index (χ2n) is 2.32.